The van der Waals surface area contributed by atoms with E-state index in [0.29, 0.717) is 15.1 Å². The van der Waals surface area contributed by atoms with Crippen LogP contribution in [-0.2, 0) is 5.88 Å². The third-order valence-electron chi connectivity index (χ3n) is 1.62. The van der Waals surface area contributed by atoms with E-state index in [-0.39, 0.29) is 5.56 Å². The van der Waals surface area contributed by atoms with Crippen LogP contribution in [0.4, 0.5) is 0 Å². The Morgan fingerprint density at radius 3 is 3.15 bits per heavy atom. The maximum atomic E-state index is 11.2. The first-order chi connectivity index (χ1) is 6.20. The van der Waals surface area contributed by atoms with Gasteiger partial charge in [0.1, 0.15) is 5.65 Å². The van der Waals surface area contributed by atoms with Crippen LogP contribution in [0.25, 0.3) is 5.65 Å². The zero-order chi connectivity index (χ0) is 9.42. The Kier molecular flexibility index (Phi) is 2.29. The zero-order valence-corrected chi connectivity index (χ0v) is 9.33. The predicted molar refractivity (Wildman–Crippen MR) is 58.1 cm³/mol. The molecular weight excluding hydrogens is 304 g/mol. The predicted octanol–water partition coefficient (Wildman–Crippen LogP) is 1.37. The highest BCUT2D eigenvalue weighted by molar-refractivity contribution is 14.1. The molecule has 0 unspecified atom stereocenters. The van der Waals surface area contributed by atoms with Gasteiger partial charge in [-0.1, -0.05) is 0 Å². The number of H-pyrrole nitrogens is 1. The highest BCUT2D eigenvalue weighted by Gasteiger charge is 2.03. The molecule has 0 spiro atoms. The number of hydrogen-bond donors (Lipinski definition) is 1. The van der Waals surface area contributed by atoms with Crippen molar-refractivity contribution < 1.29 is 0 Å². The molecular formula is C7H5ClIN3O. The van der Waals surface area contributed by atoms with Crippen molar-refractivity contribution in [2.45, 2.75) is 5.88 Å². The van der Waals surface area contributed by atoms with E-state index in [4.69, 9.17) is 11.6 Å². The summed E-state index contributed by atoms with van der Waals surface area (Å²) in [5.41, 5.74) is 1.31. The Balaban J connectivity index is 2.77. The van der Waals surface area contributed by atoms with Crippen LogP contribution in [0.2, 0.25) is 0 Å². The van der Waals surface area contributed by atoms with E-state index in [1.165, 1.54) is 0 Å². The van der Waals surface area contributed by atoms with Crippen LogP contribution in [-0.4, -0.2) is 14.6 Å². The molecule has 1 N–H and O–H groups in total. The van der Waals surface area contributed by atoms with Crippen LogP contribution >= 0.6 is 34.2 Å². The lowest BCUT2D eigenvalue weighted by molar-refractivity contribution is 0.898. The summed E-state index contributed by atoms with van der Waals surface area (Å²) in [6.07, 6.45) is 1.67. The molecule has 0 bridgehead atoms. The second-order valence-electron chi connectivity index (χ2n) is 2.53. The maximum Gasteiger partial charge on any atom is 0.264 e. The highest BCUT2D eigenvalue weighted by atomic mass is 127. The third-order valence-corrected chi connectivity index (χ3v) is 2.66. The number of nitrogens with one attached hydrogen (secondary N) is 1. The topological polar surface area (TPSA) is 50.2 Å². The molecule has 4 nitrogen and oxygen atoms in total. The van der Waals surface area contributed by atoms with Crippen LogP contribution in [0, 0.1) is 3.57 Å². The number of aromatic amines is 1. The molecule has 6 heteroatoms. The molecule has 0 saturated carbocycles. The van der Waals surface area contributed by atoms with Gasteiger partial charge in [0.25, 0.3) is 5.56 Å². The van der Waals surface area contributed by atoms with Gasteiger partial charge in [-0.15, -0.1) is 11.6 Å². The zero-order valence-electron chi connectivity index (χ0n) is 6.42. The number of fused-ring (bicyclic) bond motifs is 1. The minimum atomic E-state index is -0.103. The average molecular weight is 309 g/mol. The molecule has 2 aromatic rings. The number of halogens is 2. The molecule has 13 heavy (non-hydrogen) atoms. The number of alkyl halides is 1. The van der Waals surface area contributed by atoms with E-state index >= 15 is 0 Å². The fraction of sp³-hybridized carbons (Fsp3) is 0.143. The lowest BCUT2D eigenvalue weighted by Gasteiger charge is -1.92. The quantitative estimate of drug-likeness (QED) is 0.639. The maximum absolute atomic E-state index is 11.2. The third kappa shape index (κ3) is 1.58. The lowest BCUT2D eigenvalue weighted by atomic mass is 10.5. The average Bonchev–Trinajstić information content (AvgIpc) is 2.48. The molecule has 0 fully saturated rings. The molecule has 2 aromatic heterocycles. The van der Waals surface area contributed by atoms with Crippen molar-refractivity contribution >= 4 is 39.8 Å². The second-order valence-corrected chi connectivity index (χ2v) is 3.96. The molecule has 2 rings (SSSR count). The molecule has 0 atom stereocenters. The molecule has 0 radical (unpaired) electrons. The standard InChI is InChI=1S/C7H5ClIN3O/c8-2-4-1-6-10-7(13)5(9)3-12(6)11-4/h1,3H,2H2,(H,10,13). The summed E-state index contributed by atoms with van der Waals surface area (Å²) in [6.45, 7) is 0. The Morgan fingerprint density at radius 1 is 1.69 bits per heavy atom. The molecule has 0 aliphatic rings. The fourth-order valence-corrected chi connectivity index (χ4v) is 1.57. The van der Waals surface area contributed by atoms with Gasteiger partial charge in [-0.25, -0.2) is 4.52 Å². The summed E-state index contributed by atoms with van der Waals surface area (Å²) < 4.78 is 2.22. The summed E-state index contributed by atoms with van der Waals surface area (Å²) in [5, 5.41) is 4.14. The van der Waals surface area contributed by atoms with Crippen molar-refractivity contribution in [2.24, 2.45) is 0 Å². The van der Waals surface area contributed by atoms with Gasteiger partial charge in [0.15, 0.2) is 0 Å². The van der Waals surface area contributed by atoms with Crippen LogP contribution in [0.5, 0.6) is 0 Å². The van der Waals surface area contributed by atoms with Gasteiger partial charge in [0.2, 0.25) is 0 Å². The first-order valence-electron chi connectivity index (χ1n) is 3.54. The van der Waals surface area contributed by atoms with Crippen LogP contribution < -0.4 is 5.56 Å². The largest absolute Gasteiger partial charge is 0.306 e. The van der Waals surface area contributed by atoms with Gasteiger partial charge in [-0.2, -0.15) is 5.10 Å². The molecule has 0 amide bonds. The Bertz CT molecular complexity index is 504. The minimum absolute atomic E-state index is 0.103. The second kappa shape index (κ2) is 3.30. The molecule has 0 aliphatic carbocycles. The first kappa shape index (κ1) is 9.01. The van der Waals surface area contributed by atoms with Gasteiger partial charge in [-0.3, -0.25) is 4.79 Å². The van der Waals surface area contributed by atoms with Crippen molar-refractivity contribution in [1.82, 2.24) is 14.6 Å². The van der Waals surface area contributed by atoms with Crippen molar-refractivity contribution in [3.05, 3.63) is 31.9 Å². The monoisotopic (exact) mass is 309 g/mol. The Morgan fingerprint density at radius 2 is 2.46 bits per heavy atom. The van der Waals surface area contributed by atoms with Crippen molar-refractivity contribution in [1.29, 1.82) is 0 Å². The highest BCUT2D eigenvalue weighted by Crippen LogP contribution is 2.05. The minimum Gasteiger partial charge on any atom is -0.306 e. The van der Waals surface area contributed by atoms with Gasteiger partial charge in [0.05, 0.1) is 15.1 Å². The van der Waals surface area contributed by atoms with Gasteiger partial charge < -0.3 is 4.98 Å². The first-order valence-corrected chi connectivity index (χ1v) is 5.15. The summed E-state index contributed by atoms with van der Waals surface area (Å²) in [7, 11) is 0. The molecule has 68 valence electrons. The summed E-state index contributed by atoms with van der Waals surface area (Å²) in [5.74, 6) is 0.348. The van der Waals surface area contributed by atoms with E-state index in [1.807, 2.05) is 22.6 Å². The Hall–Kier alpha value is -0.560. The van der Waals surface area contributed by atoms with Crippen LogP contribution in [0.15, 0.2) is 17.1 Å². The van der Waals surface area contributed by atoms with Crippen LogP contribution in [0.1, 0.15) is 5.69 Å². The summed E-state index contributed by atoms with van der Waals surface area (Å²) in [4.78, 5) is 13.9. The number of aromatic nitrogens is 3. The SMILES string of the molecule is O=c1[nH]c2cc(CCl)nn2cc1I. The summed E-state index contributed by atoms with van der Waals surface area (Å²) in [6, 6.07) is 1.75. The molecule has 0 saturated heterocycles. The normalized spacial score (nSPS) is 10.9. The van der Waals surface area contributed by atoms with E-state index < -0.39 is 0 Å². The number of nitrogens with zero attached hydrogens (tertiary/aromatic N) is 2. The van der Waals surface area contributed by atoms with Crippen molar-refractivity contribution in [3.63, 3.8) is 0 Å². The molecule has 2 heterocycles. The van der Waals surface area contributed by atoms with E-state index in [2.05, 4.69) is 10.1 Å². The van der Waals surface area contributed by atoms with E-state index in [9.17, 15) is 4.79 Å². The van der Waals surface area contributed by atoms with Gasteiger partial charge >= 0.3 is 0 Å². The Labute approximate surface area is 92.0 Å². The molecule has 0 aromatic carbocycles. The lowest BCUT2D eigenvalue weighted by Crippen LogP contribution is -2.11. The molecule has 0 aliphatic heterocycles. The number of hydrogen-bond acceptors (Lipinski definition) is 2. The summed E-state index contributed by atoms with van der Waals surface area (Å²) >= 11 is 7.56. The fourth-order valence-electron chi connectivity index (χ4n) is 1.04. The van der Waals surface area contributed by atoms with Gasteiger partial charge in [-0.05, 0) is 22.6 Å². The van der Waals surface area contributed by atoms with Crippen LogP contribution in [0.3, 0.4) is 0 Å². The number of rotatable bonds is 1. The smallest absolute Gasteiger partial charge is 0.264 e. The van der Waals surface area contributed by atoms with Gasteiger partial charge in [0, 0.05) is 12.3 Å². The van der Waals surface area contributed by atoms with E-state index in [1.54, 1.807) is 16.8 Å². The van der Waals surface area contributed by atoms with Crippen molar-refractivity contribution in [2.75, 3.05) is 0 Å². The van der Waals surface area contributed by atoms with Crippen molar-refractivity contribution in [3.8, 4) is 0 Å². The van der Waals surface area contributed by atoms with E-state index in [0.717, 1.165) is 5.69 Å².